The van der Waals surface area contributed by atoms with E-state index in [1.807, 2.05) is 0 Å². The van der Waals surface area contributed by atoms with Gasteiger partial charge < -0.3 is 14.9 Å². The lowest BCUT2D eigenvalue weighted by molar-refractivity contribution is -0.220. The molecule has 0 aromatic carbocycles. The molecule has 5 aliphatic rings. The third-order valence-corrected chi connectivity index (χ3v) is 9.52. The van der Waals surface area contributed by atoms with Gasteiger partial charge >= 0.3 is 0 Å². The van der Waals surface area contributed by atoms with Crippen LogP contribution in [0.15, 0.2) is 0 Å². The van der Waals surface area contributed by atoms with Crippen LogP contribution in [0.1, 0.15) is 65.7 Å². The molecule has 1 saturated heterocycles. The number of rotatable bonds is 1. The van der Waals surface area contributed by atoms with Crippen LogP contribution in [0, 0.1) is 34.0 Å². The van der Waals surface area contributed by atoms with Gasteiger partial charge in [-0.3, -0.25) is 0 Å². The van der Waals surface area contributed by atoms with Gasteiger partial charge in [0.1, 0.15) is 0 Å². The lowest BCUT2D eigenvalue weighted by atomic mass is 9.40. The molecular weight excluding hydrogens is 288 g/mol. The zero-order valence-corrected chi connectivity index (χ0v) is 14.8. The van der Waals surface area contributed by atoms with E-state index >= 15 is 0 Å². The first-order valence-electron chi connectivity index (χ1n) is 9.78. The minimum Gasteiger partial charge on any atom is -0.396 e. The summed E-state index contributed by atoms with van der Waals surface area (Å²) in [7, 11) is 0. The van der Waals surface area contributed by atoms with Crippen LogP contribution in [0.2, 0.25) is 0 Å². The monoisotopic (exact) mass is 320 g/mol. The van der Waals surface area contributed by atoms with Crippen LogP contribution >= 0.6 is 0 Å². The van der Waals surface area contributed by atoms with Crippen LogP contribution in [0.25, 0.3) is 0 Å². The minimum absolute atomic E-state index is 0.0105. The van der Waals surface area contributed by atoms with E-state index in [9.17, 15) is 10.2 Å². The quantitative estimate of drug-likeness (QED) is 0.730. The fraction of sp³-hybridized carbons (Fsp3) is 1.00. The smallest absolute Gasteiger partial charge is 0.0957 e. The Bertz CT molecular complexity index is 549. The largest absolute Gasteiger partial charge is 0.396 e. The molecule has 5 fully saturated rings. The standard InChI is InChI=1S/C20H32O3/c1-17(11-21)7-4-8-18(2)13-6-5-12-10-20(13,15(22)9-14(17)18)16-19(12,3)23-16/h12-16,21-22H,4-11H2,1-3H3/t12-,13+,14+,15+,16+,17-,18+,19+,20-/m1/s1. The number of epoxide rings is 1. The average molecular weight is 320 g/mol. The Hall–Kier alpha value is -0.120. The lowest BCUT2D eigenvalue weighted by Gasteiger charge is -2.65. The van der Waals surface area contributed by atoms with Gasteiger partial charge in [-0.05, 0) is 74.0 Å². The molecule has 0 unspecified atom stereocenters. The van der Waals surface area contributed by atoms with Crippen molar-refractivity contribution in [3.63, 3.8) is 0 Å². The molecule has 130 valence electrons. The average Bonchev–Trinajstić information content (AvgIpc) is 3.19. The first kappa shape index (κ1) is 15.2. The second kappa shape index (κ2) is 4.16. The summed E-state index contributed by atoms with van der Waals surface area (Å²) >= 11 is 0. The molecule has 23 heavy (non-hydrogen) atoms. The SMILES string of the molecule is C[C@]1(CO)CCC[C@]2(C)[C@H]1C[C@H](O)[C@@]13C[C@@H](CC[C@@H]21)[C@]1(C)O[C@@H]13. The molecule has 4 saturated carbocycles. The molecule has 9 atom stereocenters. The topological polar surface area (TPSA) is 53.0 Å². The normalized spacial score (nSPS) is 66.4. The summed E-state index contributed by atoms with van der Waals surface area (Å²) in [4.78, 5) is 0. The van der Waals surface area contributed by atoms with Crippen molar-refractivity contribution in [3.8, 4) is 0 Å². The van der Waals surface area contributed by atoms with E-state index in [1.54, 1.807) is 0 Å². The van der Waals surface area contributed by atoms with Crippen molar-refractivity contribution in [2.45, 2.75) is 83.5 Å². The van der Waals surface area contributed by atoms with Crippen molar-refractivity contribution in [1.82, 2.24) is 0 Å². The summed E-state index contributed by atoms with van der Waals surface area (Å²) in [6, 6.07) is 0. The van der Waals surface area contributed by atoms with Crippen LogP contribution < -0.4 is 0 Å². The van der Waals surface area contributed by atoms with Gasteiger partial charge in [-0.15, -0.1) is 0 Å². The van der Waals surface area contributed by atoms with Crippen LogP contribution in [0.3, 0.4) is 0 Å². The Morgan fingerprint density at radius 2 is 1.87 bits per heavy atom. The first-order chi connectivity index (χ1) is 10.8. The molecule has 1 spiro atoms. The third kappa shape index (κ3) is 1.50. The maximum absolute atomic E-state index is 11.3. The zero-order chi connectivity index (χ0) is 16.3. The van der Waals surface area contributed by atoms with Gasteiger partial charge in [0.05, 0.1) is 17.8 Å². The fourth-order valence-corrected chi connectivity index (χ4v) is 8.37. The highest BCUT2D eigenvalue weighted by Crippen LogP contribution is 2.77. The van der Waals surface area contributed by atoms with E-state index in [0.717, 1.165) is 12.8 Å². The Balaban J connectivity index is 1.61. The number of aliphatic hydroxyl groups excluding tert-OH is 2. The maximum atomic E-state index is 11.3. The summed E-state index contributed by atoms with van der Waals surface area (Å²) in [5, 5.41) is 21.4. The molecule has 4 aliphatic carbocycles. The molecule has 1 aliphatic heterocycles. The molecular formula is C20H32O3. The van der Waals surface area contributed by atoms with Crippen LogP contribution in [0.4, 0.5) is 0 Å². The van der Waals surface area contributed by atoms with Gasteiger partial charge in [0, 0.05) is 12.0 Å². The molecule has 5 rings (SSSR count). The molecule has 1 heterocycles. The second-order valence-electron chi connectivity index (χ2n) is 10.3. The molecule has 0 aromatic rings. The molecule has 2 bridgehead atoms. The van der Waals surface area contributed by atoms with Gasteiger partial charge in [-0.2, -0.15) is 0 Å². The van der Waals surface area contributed by atoms with Crippen molar-refractivity contribution in [3.05, 3.63) is 0 Å². The van der Waals surface area contributed by atoms with Crippen LogP contribution in [0.5, 0.6) is 0 Å². The highest BCUT2D eigenvalue weighted by atomic mass is 16.6. The summed E-state index contributed by atoms with van der Waals surface area (Å²) < 4.78 is 6.23. The fourth-order valence-electron chi connectivity index (χ4n) is 8.37. The van der Waals surface area contributed by atoms with E-state index in [1.165, 1.54) is 32.1 Å². The molecule has 0 amide bonds. The highest BCUT2D eigenvalue weighted by molar-refractivity contribution is 5.28. The second-order valence-corrected chi connectivity index (χ2v) is 10.3. The van der Waals surface area contributed by atoms with Crippen molar-refractivity contribution >= 4 is 0 Å². The summed E-state index contributed by atoms with van der Waals surface area (Å²) in [5.41, 5.74) is 0.320. The van der Waals surface area contributed by atoms with Crippen LogP contribution in [-0.4, -0.2) is 34.6 Å². The van der Waals surface area contributed by atoms with Gasteiger partial charge in [0.25, 0.3) is 0 Å². The number of fused-ring (bicyclic) bond motifs is 5. The van der Waals surface area contributed by atoms with Crippen molar-refractivity contribution in [2.75, 3.05) is 6.61 Å². The summed E-state index contributed by atoms with van der Waals surface area (Å²) in [5.74, 6) is 1.67. The van der Waals surface area contributed by atoms with E-state index < -0.39 is 0 Å². The minimum atomic E-state index is -0.244. The summed E-state index contributed by atoms with van der Waals surface area (Å²) in [6.45, 7) is 7.30. The first-order valence-corrected chi connectivity index (χ1v) is 9.78. The Morgan fingerprint density at radius 3 is 2.61 bits per heavy atom. The van der Waals surface area contributed by atoms with Crippen molar-refractivity contribution < 1.29 is 14.9 Å². The Kier molecular flexibility index (Phi) is 2.74. The van der Waals surface area contributed by atoms with E-state index in [2.05, 4.69) is 20.8 Å². The third-order valence-electron chi connectivity index (χ3n) is 9.52. The van der Waals surface area contributed by atoms with Gasteiger partial charge in [-0.1, -0.05) is 20.3 Å². The van der Waals surface area contributed by atoms with Crippen LogP contribution in [-0.2, 0) is 4.74 Å². The number of aliphatic hydroxyl groups is 2. The molecule has 3 nitrogen and oxygen atoms in total. The lowest BCUT2D eigenvalue weighted by Crippen LogP contribution is -2.63. The molecule has 3 heteroatoms. The molecule has 0 aromatic heterocycles. The number of hydrogen-bond donors (Lipinski definition) is 2. The van der Waals surface area contributed by atoms with Crippen molar-refractivity contribution in [2.24, 2.45) is 34.0 Å². The summed E-state index contributed by atoms with van der Waals surface area (Å²) in [6.07, 6.45) is 8.21. The molecule has 0 radical (unpaired) electrons. The van der Waals surface area contributed by atoms with Gasteiger partial charge in [0.15, 0.2) is 0 Å². The van der Waals surface area contributed by atoms with Gasteiger partial charge in [0.2, 0.25) is 0 Å². The van der Waals surface area contributed by atoms with Crippen molar-refractivity contribution in [1.29, 1.82) is 0 Å². The Morgan fingerprint density at radius 1 is 1.09 bits per heavy atom. The predicted octanol–water partition coefficient (Wildman–Crippen LogP) is 3.13. The zero-order valence-electron chi connectivity index (χ0n) is 14.8. The van der Waals surface area contributed by atoms with E-state index in [0.29, 0.717) is 23.9 Å². The van der Waals surface area contributed by atoms with E-state index in [-0.39, 0.29) is 34.6 Å². The highest BCUT2D eigenvalue weighted by Gasteiger charge is 2.81. The van der Waals surface area contributed by atoms with Gasteiger partial charge in [-0.25, -0.2) is 0 Å². The maximum Gasteiger partial charge on any atom is 0.0957 e. The number of ether oxygens (including phenoxy) is 1. The Labute approximate surface area is 139 Å². The molecule has 2 N–H and O–H groups in total. The predicted molar refractivity (Wildman–Crippen MR) is 87.8 cm³/mol. The van der Waals surface area contributed by atoms with E-state index in [4.69, 9.17) is 4.74 Å². The number of hydrogen-bond acceptors (Lipinski definition) is 3.